The van der Waals surface area contributed by atoms with Crippen molar-refractivity contribution in [2.75, 3.05) is 32.8 Å². The number of halogens is 2. The molecular formula is C17H23Cl2N3O2. The average Bonchev–Trinajstić information content (AvgIpc) is 2.63. The van der Waals surface area contributed by atoms with E-state index >= 15 is 0 Å². The minimum Gasteiger partial charge on any atom is -0.379 e. The minimum absolute atomic E-state index is 0.0430. The minimum atomic E-state index is -0.153. The zero-order valence-corrected chi connectivity index (χ0v) is 15.2. The standard InChI is InChI=1S/C17H23Cl2N3O2/c18-14-10-13(11-20-15(14)19)16(23)21-12-17(4-2-1-3-5-17)22-6-8-24-9-7-22/h10-11H,1-9,12H2,(H,21,23). The Kier molecular flexibility index (Phi) is 5.98. The molecule has 1 aromatic heterocycles. The quantitative estimate of drug-likeness (QED) is 0.825. The Balaban J connectivity index is 1.68. The predicted molar refractivity (Wildman–Crippen MR) is 94.8 cm³/mol. The number of pyridine rings is 1. The van der Waals surface area contributed by atoms with Gasteiger partial charge < -0.3 is 10.1 Å². The molecule has 1 saturated heterocycles. The molecule has 2 aliphatic rings. The first-order valence-electron chi connectivity index (χ1n) is 8.53. The number of amides is 1. The fraction of sp³-hybridized carbons (Fsp3) is 0.647. The molecule has 0 unspecified atom stereocenters. The second kappa shape index (κ2) is 8.00. The van der Waals surface area contributed by atoms with Gasteiger partial charge in [0.15, 0.2) is 0 Å². The molecule has 0 atom stereocenters. The van der Waals surface area contributed by atoms with E-state index in [9.17, 15) is 4.79 Å². The molecule has 1 aliphatic carbocycles. The van der Waals surface area contributed by atoms with Crippen LogP contribution in [0.4, 0.5) is 0 Å². The molecule has 2 heterocycles. The van der Waals surface area contributed by atoms with E-state index in [0.717, 1.165) is 39.1 Å². The third kappa shape index (κ3) is 4.02. The van der Waals surface area contributed by atoms with Crippen molar-refractivity contribution in [2.24, 2.45) is 0 Å². The van der Waals surface area contributed by atoms with Gasteiger partial charge in [-0.3, -0.25) is 9.69 Å². The Bertz CT molecular complexity index is 585. The fourth-order valence-electron chi connectivity index (χ4n) is 3.74. The molecule has 2 fully saturated rings. The van der Waals surface area contributed by atoms with Crippen LogP contribution >= 0.6 is 23.2 Å². The number of carbonyl (C=O) groups is 1. The molecule has 24 heavy (non-hydrogen) atoms. The van der Waals surface area contributed by atoms with Crippen LogP contribution in [0, 0.1) is 0 Å². The van der Waals surface area contributed by atoms with Gasteiger partial charge in [-0.15, -0.1) is 0 Å². The lowest BCUT2D eigenvalue weighted by molar-refractivity contribution is -0.0361. The van der Waals surface area contributed by atoms with Crippen LogP contribution in [-0.4, -0.2) is 54.2 Å². The number of hydrogen-bond acceptors (Lipinski definition) is 4. The van der Waals surface area contributed by atoms with E-state index in [1.54, 1.807) is 6.07 Å². The summed E-state index contributed by atoms with van der Waals surface area (Å²) in [5, 5.41) is 3.60. The highest BCUT2D eigenvalue weighted by atomic mass is 35.5. The van der Waals surface area contributed by atoms with Crippen molar-refractivity contribution in [3.63, 3.8) is 0 Å². The number of hydrogen-bond donors (Lipinski definition) is 1. The van der Waals surface area contributed by atoms with E-state index < -0.39 is 0 Å². The molecule has 5 nitrogen and oxygen atoms in total. The summed E-state index contributed by atoms with van der Waals surface area (Å²) in [6.45, 7) is 4.05. The Morgan fingerprint density at radius 1 is 1.25 bits per heavy atom. The summed E-state index contributed by atoms with van der Waals surface area (Å²) in [7, 11) is 0. The molecule has 1 saturated carbocycles. The molecule has 0 bridgehead atoms. The van der Waals surface area contributed by atoms with Gasteiger partial charge in [0.25, 0.3) is 5.91 Å². The molecule has 1 amide bonds. The summed E-state index contributed by atoms with van der Waals surface area (Å²) >= 11 is 11.8. The zero-order valence-electron chi connectivity index (χ0n) is 13.7. The van der Waals surface area contributed by atoms with Gasteiger partial charge in [0, 0.05) is 31.4 Å². The number of carbonyl (C=O) groups excluding carboxylic acids is 1. The maximum Gasteiger partial charge on any atom is 0.252 e. The van der Waals surface area contributed by atoms with Crippen molar-refractivity contribution in [3.8, 4) is 0 Å². The number of nitrogens with zero attached hydrogens (tertiary/aromatic N) is 2. The monoisotopic (exact) mass is 371 g/mol. The van der Waals surface area contributed by atoms with Crippen molar-refractivity contribution < 1.29 is 9.53 Å². The first kappa shape index (κ1) is 17.9. The maximum absolute atomic E-state index is 12.5. The Labute approximate surface area is 152 Å². The lowest BCUT2D eigenvalue weighted by atomic mass is 9.79. The zero-order chi connectivity index (χ0) is 17.0. The number of aromatic nitrogens is 1. The number of rotatable bonds is 4. The molecular weight excluding hydrogens is 349 g/mol. The van der Waals surface area contributed by atoms with E-state index in [1.807, 2.05) is 0 Å². The largest absolute Gasteiger partial charge is 0.379 e. The molecule has 0 spiro atoms. The highest BCUT2D eigenvalue weighted by Crippen LogP contribution is 2.34. The van der Waals surface area contributed by atoms with Gasteiger partial charge in [-0.1, -0.05) is 42.5 Å². The third-order valence-corrected chi connectivity index (χ3v) is 5.79. The fourth-order valence-corrected chi connectivity index (χ4v) is 4.01. The van der Waals surface area contributed by atoms with Gasteiger partial charge in [0.05, 0.1) is 23.8 Å². The van der Waals surface area contributed by atoms with Crippen molar-refractivity contribution in [2.45, 2.75) is 37.6 Å². The normalized spacial score (nSPS) is 21.4. The van der Waals surface area contributed by atoms with Crippen LogP contribution in [0.3, 0.4) is 0 Å². The van der Waals surface area contributed by atoms with Gasteiger partial charge in [0.1, 0.15) is 5.15 Å². The van der Waals surface area contributed by atoms with Crippen LogP contribution in [0.2, 0.25) is 10.2 Å². The second-order valence-electron chi connectivity index (χ2n) is 6.56. The molecule has 0 radical (unpaired) electrons. The van der Waals surface area contributed by atoms with Crippen LogP contribution in [0.25, 0.3) is 0 Å². The van der Waals surface area contributed by atoms with E-state index in [1.165, 1.54) is 25.5 Å². The second-order valence-corrected chi connectivity index (χ2v) is 7.33. The molecule has 3 rings (SSSR count). The molecule has 0 aromatic carbocycles. The van der Waals surface area contributed by atoms with E-state index in [4.69, 9.17) is 27.9 Å². The van der Waals surface area contributed by atoms with Gasteiger partial charge in [-0.05, 0) is 18.9 Å². The number of ether oxygens (including phenoxy) is 1. The smallest absolute Gasteiger partial charge is 0.252 e. The van der Waals surface area contributed by atoms with Gasteiger partial charge in [0.2, 0.25) is 0 Å². The molecule has 1 N–H and O–H groups in total. The Morgan fingerprint density at radius 3 is 2.62 bits per heavy atom. The van der Waals surface area contributed by atoms with Crippen LogP contribution in [0.1, 0.15) is 42.5 Å². The topological polar surface area (TPSA) is 54.5 Å². The van der Waals surface area contributed by atoms with Crippen molar-refractivity contribution in [3.05, 3.63) is 28.0 Å². The van der Waals surface area contributed by atoms with Gasteiger partial charge in [-0.25, -0.2) is 4.98 Å². The Morgan fingerprint density at radius 2 is 1.96 bits per heavy atom. The first-order chi connectivity index (χ1) is 11.6. The summed E-state index contributed by atoms with van der Waals surface area (Å²) in [6.07, 6.45) is 7.39. The van der Waals surface area contributed by atoms with E-state index in [-0.39, 0.29) is 16.6 Å². The van der Waals surface area contributed by atoms with Crippen LogP contribution in [0.5, 0.6) is 0 Å². The maximum atomic E-state index is 12.5. The summed E-state index contributed by atoms with van der Waals surface area (Å²) in [5.74, 6) is -0.153. The van der Waals surface area contributed by atoms with Gasteiger partial charge >= 0.3 is 0 Å². The summed E-state index contributed by atoms with van der Waals surface area (Å²) in [6, 6.07) is 1.56. The molecule has 132 valence electrons. The summed E-state index contributed by atoms with van der Waals surface area (Å²) < 4.78 is 5.49. The molecule has 7 heteroatoms. The lowest BCUT2D eigenvalue weighted by Crippen LogP contribution is -2.59. The molecule has 1 aromatic rings. The van der Waals surface area contributed by atoms with E-state index in [0.29, 0.717) is 17.1 Å². The third-order valence-electron chi connectivity index (χ3n) is 5.10. The SMILES string of the molecule is O=C(NCC1(N2CCOCC2)CCCCC1)c1cnc(Cl)c(Cl)c1. The summed E-state index contributed by atoms with van der Waals surface area (Å²) in [5.41, 5.74) is 0.485. The van der Waals surface area contributed by atoms with Gasteiger partial charge in [-0.2, -0.15) is 0 Å². The number of morpholine rings is 1. The summed E-state index contributed by atoms with van der Waals surface area (Å²) in [4.78, 5) is 18.9. The van der Waals surface area contributed by atoms with Crippen molar-refractivity contribution in [1.29, 1.82) is 0 Å². The van der Waals surface area contributed by atoms with E-state index in [2.05, 4.69) is 15.2 Å². The molecule has 1 aliphatic heterocycles. The highest BCUT2D eigenvalue weighted by molar-refractivity contribution is 6.41. The van der Waals surface area contributed by atoms with Crippen molar-refractivity contribution >= 4 is 29.1 Å². The Hall–Kier alpha value is -0.880. The van der Waals surface area contributed by atoms with Crippen molar-refractivity contribution in [1.82, 2.24) is 15.2 Å². The van der Waals surface area contributed by atoms with Crippen LogP contribution in [-0.2, 0) is 4.74 Å². The highest BCUT2D eigenvalue weighted by Gasteiger charge is 2.38. The number of nitrogens with one attached hydrogen (secondary N) is 1. The lowest BCUT2D eigenvalue weighted by Gasteiger charge is -2.48. The average molecular weight is 372 g/mol. The van der Waals surface area contributed by atoms with Crippen LogP contribution < -0.4 is 5.32 Å². The first-order valence-corrected chi connectivity index (χ1v) is 9.28. The van der Waals surface area contributed by atoms with Crippen LogP contribution in [0.15, 0.2) is 12.3 Å². The predicted octanol–water partition coefficient (Wildman–Crippen LogP) is 3.15.